The highest BCUT2D eigenvalue weighted by Gasteiger charge is 2.41. The van der Waals surface area contributed by atoms with Gasteiger partial charge in [-0.2, -0.15) is 0 Å². The summed E-state index contributed by atoms with van der Waals surface area (Å²) in [7, 11) is 0. The van der Waals surface area contributed by atoms with Crippen LogP contribution in [0.5, 0.6) is 0 Å². The second-order valence-corrected chi connectivity index (χ2v) is 7.42. The van der Waals surface area contributed by atoms with Crippen LogP contribution in [0.25, 0.3) is 0 Å². The molecule has 1 unspecified atom stereocenters. The molecule has 0 aromatic carbocycles. The van der Waals surface area contributed by atoms with Crippen LogP contribution in [0.3, 0.4) is 0 Å². The molecule has 0 bridgehead atoms. The first-order valence-electron chi connectivity index (χ1n) is 8.36. The van der Waals surface area contributed by atoms with Gasteiger partial charge in [0.15, 0.2) is 5.96 Å². The van der Waals surface area contributed by atoms with E-state index >= 15 is 0 Å². The van der Waals surface area contributed by atoms with Crippen LogP contribution in [0, 0.1) is 17.8 Å². The van der Waals surface area contributed by atoms with Crippen molar-refractivity contribution in [2.45, 2.75) is 45.6 Å². The molecule has 0 spiro atoms. The highest BCUT2D eigenvalue weighted by Crippen LogP contribution is 2.49. The van der Waals surface area contributed by atoms with Gasteiger partial charge in [0.1, 0.15) is 0 Å². The van der Waals surface area contributed by atoms with Gasteiger partial charge < -0.3 is 10.6 Å². The zero-order valence-corrected chi connectivity index (χ0v) is 16.7. The largest absolute Gasteiger partial charge is 0.357 e. The average Bonchev–Trinajstić information content (AvgIpc) is 3.40. The van der Waals surface area contributed by atoms with Gasteiger partial charge in [-0.15, -0.1) is 35.3 Å². The topological polar surface area (TPSA) is 36.4 Å². The van der Waals surface area contributed by atoms with E-state index < -0.39 is 0 Å². The molecule has 0 saturated heterocycles. The Morgan fingerprint density at radius 2 is 2.00 bits per heavy atom. The van der Waals surface area contributed by atoms with Crippen LogP contribution >= 0.6 is 35.3 Å². The predicted molar refractivity (Wildman–Crippen MR) is 106 cm³/mol. The molecule has 1 aromatic heterocycles. The lowest BCUT2D eigenvalue weighted by Crippen LogP contribution is -2.39. The van der Waals surface area contributed by atoms with Gasteiger partial charge in [0, 0.05) is 18.0 Å². The molecule has 3 nitrogen and oxygen atoms in total. The third-order valence-corrected chi connectivity index (χ3v) is 5.64. The van der Waals surface area contributed by atoms with Gasteiger partial charge in [-0.05, 0) is 68.7 Å². The summed E-state index contributed by atoms with van der Waals surface area (Å²) in [6, 6.07) is 4.62. The molecule has 2 saturated carbocycles. The maximum atomic E-state index is 4.89. The molecule has 5 heteroatoms. The first-order chi connectivity index (χ1) is 10.3. The normalized spacial score (nSPS) is 19.7. The van der Waals surface area contributed by atoms with Crippen LogP contribution in [0.2, 0.25) is 0 Å². The van der Waals surface area contributed by atoms with E-state index in [4.69, 9.17) is 4.99 Å². The van der Waals surface area contributed by atoms with E-state index in [1.807, 2.05) is 0 Å². The van der Waals surface area contributed by atoms with Gasteiger partial charge in [0.05, 0.1) is 6.04 Å². The summed E-state index contributed by atoms with van der Waals surface area (Å²) < 4.78 is 0. The van der Waals surface area contributed by atoms with Gasteiger partial charge in [-0.1, -0.05) is 6.07 Å². The summed E-state index contributed by atoms with van der Waals surface area (Å²) in [5.74, 6) is 3.76. The Hall–Kier alpha value is -0.300. The van der Waals surface area contributed by atoms with Gasteiger partial charge in [0.25, 0.3) is 0 Å². The Bertz CT molecular complexity index is 454. The van der Waals surface area contributed by atoms with Crippen molar-refractivity contribution in [2.24, 2.45) is 22.7 Å². The Kier molecular flexibility index (Phi) is 6.99. The number of nitrogens with one attached hydrogen (secondary N) is 2. The van der Waals surface area contributed by atoms with Crippen molar-refractivity contribution in [2.75, 3.05) is 13.1 Å². The van der Waals surface area contributed by atoms with Crippen LogP contribution in [0.4, 0.5) is 0 Å². The molecule has 2 aliphatic rings. The quantitative estimate of drug-likeness (QED) is 0.380. The fourth-order valence-electron chi connectivity index (χ4n) is 3.06. The van der Waals surface area contributed by atoms with Crippen molar-refractivity contribution < 1.29 is 0 Å². The highest BCUT2D eigenvalue weighted by atomic mass is 127. The SMILES string of the molecule is CCNC(=NCC(C1CC1)C1CC1)NC(C)c1cccs1.I. The lowest BCUT2D eigenvalue weighted by molar-refractivity contribution is 0.416. The Labute approximate surface area is 155 Å². The summed E-state index contributed by atoms with van der Waals surface area (Å²) in [5, 5.41) is 9.07. The van der Waals surface area contributed by atoms with Crippen LogP contribution in [-0.4, -0.2) is 19.0 Å². The maximum absolute atomic E-state index is 4.89. The molecular formula is C17H28IN3S. The summed E-state index contributed by atoms with van der Waals surface area (Å²) in [5.41, 5.74) is 0. The lowest BCUT2D eigenvalue weighted by atomic mass is 9.98. The number of aliphatic imine (C=N–C) groups is 1. The van der Waals surface area contributed by atoms with E-state index in [9.17, 15) is 0 Å². The molecule has 0 amide bonds. The van der Waals surface area contributed by atoms with Gasteiger partial charge in [0.2, 0.25) is 0 Å². The molecule has 0 aliphatic heterocycles. The zero-order chi connectivity index (χ0) is 14.7. The summed E-state index contributed by atoms with van der Waals surface area (Å²) >= 11 is 1.80. The van der Waals surface area contributed by atoms with Gasteiger partial charge >= 0.3 is 0 Å². The molecule has 1 aromatic rings. The number of hydrogen-bond acceptors (Lipinski definition) is 2. The van der Waals surface area contributed by atoms with Crippen LogP contribution < -0.4 is 10.6 Å². The van der Waals surface area contributed by atoms with E-state index in [1.165, 1.54) is 30.6 Å². The zero-order valence-electron chi connectivity index (χ0n) is 13.5. The van der Waals surface area contributed by atoms with Crippen molar-refractivity contribution in [3.05, 3.63) is 22.4 Å². The van der Waals surface area contributed by atoms with Crippen molar-refractivity contribution in [3.8, 4) is 0 Å². The van der Waals surface area contributed by atoms with Crippen LogP contribution in [0.15, 0.2) is 22.5 Å². The van der Waals surface area contributed by atoms with Crippen molar-refractivity contribution in [3.63, 3.8) is 0 Å². The van der Waals surface area contributed by atoms with Crippen LogP contribution in [-0.2, 0) is 0 Å². The van der Waals surface area contributed by atoms with Crippen LogP contribution in [0.1, 0.15) is 50.4 Å². The molecule has 124 valence electrons. The summed E-state index contributed by atoms with van der Waals surface area (Å²) in [4.78, 5) is 6.25. The molecule has 0 radical (unpaired) electrons. The average molecular weight is 433 g/mol. The van der Waals surface area contributed by atoms with E-state index in [-0.39, 0.29) is 24.0 Å². The lowest BCUT2D eigenvalue weighted by Gasteiger charge is -2.18. The Balaban J connectivity index is 0.00000176. The molecule has 1 atom stereocenters. The monoisotopic (exact) mass is 433 g/mol. The maximum Gasteiger partial charge on any atom is 0.191 e. The molecule has 2 fully saturated rings. The molecule has 1 heterocycles. The predicted octanol–water partition coefficient (Wildman–Crippen LogP) is 4.42. The fourth-order valence-corrected chi connectivity index (χ4v) is 3.80. The molecule has 2 N–H and O–H groups in total. The van der Waals surface area contributed by atoms with Crippen molar-refractivity contribution in [1.82, 2.24) is 10.6 Å². The molecular weight excluding hydrogens is 405 g/mol. The minimum atomic E-state index is 0. The smallest absolute Gasteiger partial charge is 0.191 e. The van der Waals surface area contributed by atoms with Crippen molar-refractivity contribution in [1.29, 1.82) is 0 Å². The standard InChI is InChI=1S/C17H27N3S.HI/c1-3-18-17(20-12(2)16-5-4-10-21-16)19-11-15(13-6-7-13)14-8-9-14;/h4-5,10,12-15H,3,6-9,11H2,1-2H3,(H2,18,19,20);1H. The number of guanidine groups is 1. The fraction of sp³-hybridized carbons (Fsp3) is 0.706. The van der Waals surface area contributed by atoms with Gasteiger partial charge in [-0.25, -0.2) is 0 Å². The minimum Gasteiger partial charge on any atom is -0.357 e. The van der Waals surface area contributed by atoms with E-state index in [2.05, 4.69) is 42.0 Å². The first kappa shape index (κ1) is 18.0. The number of thiophene rings is 1. The molecule has 2 aliphatic carbocycles. The second kappa shape index (κ2) is 8.52. The number of nitrogens with zero attached hydrogens (tertiary/aromatic N) is 1. The van der Waals surface area contributed by atoms with E-state index in [0.29, 0.717) is 6.04 Å². The number of halogens is 1. The number of hydrogen-bond donors (Lipinski definition) is 2. The van der Waals surface area contributed by atoms with E-state index in [1.54, 1.807) is 11.3 Å². The highest BCUT2D eigenvalue weighted by molar-refractivity contribution is 14.0. The Morgan fingerprint density at radius 1 is 1.32 bits per heavy atom. The molecule has 3 rings (SSSR count). The minimum absolute atomic E-state index is 0. The van der Waals surface area contributed by atoms with Gasteiger partial charge in [-0.3, -0.25) is 4.99 Å². The van der Waals surface area contributed by atoms with E-state index in [0.717, 1.165) is 36.8 Å². The first-order valence-corrected chi connectivity index (χ1v) is 9.24. The molecule has 22 heavy (non-hydrogen) atoms. The number of rotatable bonds is 7. The summed E-state index contributed by atoms with van der Waals surface area (Å²) in [6.07, 6.45) is 5.75. The third-order valence-electron chi connectivity index (χ3n) is 4.58. The summed E-state index contributed by atoms with van der Waals surface area (Å²) in [6.45, 7) is 6.26. The third kappa shape index (κ3) is 5.11. The van der Waals surface area contributed by atoms with Crippen molar-refractivity contribution >= 4 is 41.3 Å². The second-order valence-electron chi connectivity index (χ2n) is 6.44. The Morgan fingerprint density at radius 3 is 2.50 bits per heavy atom.